The van der Waals surface area contributed by atoms with Gasteiger partial charge in [-0.2, -0.15) is 0 Å². The summed E-state index contributed by atoms with van der Waals surface area (Å²) < 4.78 is 5.04. The summed E-state index contributed by atoms with van der Waals surface area (Å²) in [5, 5.41) is 6.04. The number of ether oxygens (including phenoxy) is 1. The van der Waals surface area contributed by atoms with Crippen LogP contribution in [0.15, 0.2) is 30.3 Å². The lowest BCUT2D eigenvalue weighted by Crippen LogP contribution is -2.51. The normalized spacial score (nSPS) is 17.8. The van der Waals surface area contributed by atoms with E-state index in [4.69, 9.17) is 4.74 Å². The molecule has 0 aromatic heterocycles. The number of para-hydroxylation sites is 1. The van der Waals surface area contributed by atoms with Crippen molar-refractivity contribution < 1.29 is 9.53 Å². The molecule has 1 saturated heterocycles. The average Bonchev–Trinajstić information content (AvgIpc) is 2.61. The molecular formula is C18H30N4O2. The van der Waals surface area contributed by atoms with Gasteiger partial charge in [0, 0.05) is 51.6 Å². The summed E-state index contributed by atoms with van der Waals surface area (Å²) in [5.41, 5.74) is 1.23. The van der Waals surface area contributed by atoms with Crippen molar-refractivity contribution in [1.82, 2.24) is 15.5 Å². The SMILES string of the molecule is COCCN(C)CCNC(=O)NC1CCCN(c2ccccc2)C1. The number of urea groups is 1. The van der Waals surface area contributed by atoms with E-state index < -0.39 is 0 Å². The molecular weight excluding hydrogens is 304 g/mol. The van der Waals surface area contributed by atoms with Crippen LogP contribution in [0.1, 0.15) is 12.8 Å². The maximum Gasteiger partial charge on any atom is 0.315 e. The monoisotopic (exact) mass is 334 g/mol. The fraction of sp³-hybridized carbons (Fsp3) is 0.611. The zero-order valence-electron chi connectivity index (χ0n) is 14.8. The molecule has 1 unspecified atom stereocenters. The van der Waals surface area contributed by atoms with Crippen LogP contribution in [-0.4, -0.2) is 70.5 Å². The highest BCUT2D eigenvalue weighted by molar-refractivity contribution is 5.74. The number of piperidine rings is 1. The molecule has 1 aliphatic heterocycles. The molecule has 6 nitrogen and oxygen atoms in total. The first-order valence-corrected chi connectivity index (χ1v) is 8.71. The third-order valence-electron chi connectivity index (χ3n) is 4.33. The van der Waals surface area contributed by atoms with Gasteiger partial charge in [-0.1, -0.05) is 18.2 Å². The van der Waals surface area contributed by atoms with Crippen LogP contribution in [0.2, 0.25) is 0 Å². The number of carbonyl (C=O) groups is 1. The van der Waals surface area contributed by atoms with Gasteiger partial charge in [-0.05, 0) is 32.0 Å². The van der Waals surface area contributed by atoms with Gasteiger partial charge >= 0.3 is 6.03 Å². The van der Waals surface area contributed by atoms with E-state index in [1.165, 1.54) is 5.69 Å². The molecule has 1 atom stereocenters. The van der Waals surface area contributed by atoms with Crippen molar-refractivity contribution in [1.29, 1.82) is 0 Å². The van der Waals surface area contributed by atoms with Crippen LogP contribution in [0.5, 0.6) is 0 Å². The predicted molar refractivity (Wildman–Crippen MR) is 97.6 cm³/mol. The van der Waals surface area contributed by atoms with E-state index >= 15 is 0 Å². The second-order valence-corrected chi connectivity index (χ2v) is 6.32. The molecule has 1 fully saturated rings. The van der Waals surface area contributed by atoms with Gasteiger partial charge in [0.2, 0.25) is 0 Å². The van der Waals surface area contributed by atoms with Gasteiger partial charge in [-0.25, -0.2) is 4.79 Å². The molecule has 6 heteroatoms. The summed E-state index contributed by atoms with van der Waals surface area (Å²) in [6.07, 6.45) is 2.13. The molecule has 0 spiro atoms. The van der Waals surface area contributed by atoms with Gasteiger partial charge in [-0.3, -0.25) is 0 Å². The summed E-state index contributed by atoms with van der Waals surface area (Å²) >= 11 is 0. The summed E-state index contributed by atoms with van der Waals surface area (Å²) in [5.74, 6) is 0. The summed E-state index contributed by atoms with van der Waals surface area (Å²) in [4.78, 5) is 16.5. The second kappa shape index (κ2) is 10.2. The number of anilines is 1. The molecule has 24 heavy (non-hydrogen) atoms. The molecule has 0 saturated carbocycles. The number of methoxy groups -OCH3 is 1. The number of rotatable bonds is 8. The Hall–Kier alpha value is -1.79. The van der Waals surface area contributed by atoms with Crippen LogP contribution in [0, 0.1) is 0 Å². The van der Waals surface area contributed by atoms with Crippen molar-refractivity contribution in [2.45, 2.75) is 18.9 Å². The molecule has 1 aromatic carbocycles. The smallest absolute Gasteiger partial charge is 0.315 e. The lowest BCUT2D eigenvalue weighted by Gasteiger charge is -2.34. The molecule has 1 aliphatic rings. The highest BCUT2D eigenvalue weighted by Crippen LogP contribution is 2.19. The van der Waals surface area contributed by atoms with Crippen LogP contribution in [-0.2, 0) is 4.74 Å². The molecule has 1 aromatic rings. The molecule has 0 radical (unpaired) electrons. The van der Waals surface area contributed by atoms with Gasteiger partial charge in [0.05, 0.1) is 6.61 Å². The number of hydrogen-bond acceptors (Lipinski definition) is 4. The van der Waals surface area contributed by atoms with Gasteiger partial charge in [0.15, 0.2) is 0 Å². The van der Waals surface area contributed by atoms with Gasteiger partial charge in [0.25, 0.3) is 0 Å². The van der Waals surface area contributed by atoms with Crippen LogP contribution < -0.4 is 15.5 Å². The third kappa shape index (κ3) is 6.37. The van der Waals surface area contributed by atoms with Crippen molar-refractivity contribution in [3.8, 4) is 0 Å². The van der Waals surface area contributed by atoms with E-state index in [0.29, 0.717) is 13.2 Å². The zero-order valence-corrected chi connectivity index (χ0v) is 14.8. The lowest BCUT2D eigenvalue weighted by atomic mass is 10.1. The van der Waals surface area contributed by atoms with Gasteiger partial charge in [-0.15, -0.1) is 0 Å². The number of carbonyl (C=O) groups excluding carboxylic acids is 1. The Morgan fingerprint density at radius 3 is 2.88 bits per heavy atom. The van der Waals surface area contributed by atoms with Crippen LogP contribution in [0.4, 0.5) is 10.5 Å². The fourth-order valence-corrected chi connectivity index (χ4v) is 2.92. The molecule has 134 valence electrons. The minimum Gasteiger partial charge on any atom is -0.383 e. The van der Waals surface area contributed by atoms with Crippen LogP contribution in [0.3, 0.4) is 0 Å². The minimum atomic E-state index is -0.0740. The Balaban J connectivity index is 1.68. The first-order valence-electron chi connectivity index (χ1n) is 8.71. The van der Waals surface area contributed by atoms with Crippen molar-refractivity contribution in [2.24, 2.45) is 0 Å². The maximum absolute atomic E-state index is 12.1. The van der Waals surface area contributed by atoms with E-state index in [1.54, 1.807) is 7.11 Å². The maximum atomic E-state index is 12.1. The number of likely N-dealkylation sites (N-methyl/N-ethyl adjacent to an activating group) is 1. The molecule has 2 rings (SSSR count). The second-order valence-electron chi connectivity index (χ2n) is 6.32. The van der Waals surface area contributed by atoms with Crippen molar-refractivity contribution in [3.63, 3.8) is 0 Å². The molecule has 2 N–H and O–H groups in total. The van der Waals surface area contributed by atoms with Gasteiger partial charge in [0.1, 0.15) is 0 Å². The quantitative estimate of drug-likeness (QED) is 0.757. The molecule has 2 amide bonds. The number of nitrogens with one attached hydrogen (secondary N) is 2. The zero-order chi connectivity index (χ0) is 17.2. The summed E-state index contributed by atoms with van der Waals surface area (Å²) in [7, 11) is 3.72. The highest BCUT2D eigenvalue weighted by Gasteiger charge is 2.21. The van der Waals surface area contributed by atoms with E-state index in [0.717, 1.165) is 39.0 Å². The number of amides is 2. The standard InChI is InChI=1S/C18H30N4O2/c1-21(13-14-24-2)12-10-19-18(23)20-16-7-6-11-22(15-16)17-8-4-3-5-9-17/h3-5,8-9,16H,6-7,10-15H2,1-2H3,(H2,19,20,23). The molecule has 0 bridgehead atoms. The van der Waals surface area contributed by atoms with Crippen LogP contribution in [0.25, 0.3) is 0 Å². The van der Waals surface area contributed by atoms with Gasteiger partial charge < -0.3 is 25.2 Å². The lowest BCUT2D eigenvalue weighted by molar-refractivity contribution is 0.161. The van der Waals surface area contributed by atoms with E-state index in [9.17, 15) is 4.79 Å². The average molecular weight is 334 g/mol. The number of benzene rings is 1. The molecule has 1 heterocycles. The topological polar surface area (TPSA) is 56.8 Å². The largest absolute Gasteiger partial charge is 0.383 e. The summed E-state index contributed by atoms with van der Waals surface area (Å²) in [6, 6.07) is 10.5. The molecule has 0 aliphatic carbocycles. The van der Waals surface area contributed by atoms with E-state index in [-0.39, 0.29) is 12.1 Å². The van der Waals surface area contributed by atoms with Crippen molar-refractivity contribution in [3.05, 3.63) is 30.3 Å². The van der Waals surface area contributed by atoms with E-state index in [2.05, 4.69) is 44.7 Å². The van der Waals surface area contributed by atoms with Crippen molar-refractivity contribution in [2.75, 3.05) is 58.4 Å². The number of nitrogens with zero attached hydrogens (tertiary/aromatic N) is 2. The first-order chi connectivity index (χ1) is 11.7. The first kappa shape index (κ1) is 18.5. The third-order valence-corrected chi connectivity index (χ3v) is 4.33. The Labute approximate surface area is 145 Å². The van der Waals surface area contributed by atoms with Crippen molar-refractivity contribution >= 4 is 11.7 Å². The predicted octanol–water partition coefficient (Wildman–Crippen LogP) is 1.53. The van der Waals surface area contributed by atoms with E-state index in [1.807, 2.05) is 13.1 Å². The number of hydrogen-bond donors (Lipinski definition) is 2. The Morgan fingerprint density at radius 2 is 2.12 bits per heavy atom. The summed E-state index contributed by atoms with van der Waals surface area (Å²) in [6.45, 7) is 4.95. The Bertz CT molecular complexity index is 483. The Kier molecular flexibility index (Phi) is 7.85. The highest BCUT2D eigenvalue weighted by atomic mass is 16.5. The Morgan fingerprint density at radius 1 is 1.33 bits per heavy atom. The fourth-order valence-electron chi connectivity index (χ4n) is 2.92. The minimum absolute atomic E-state index is 0.0740. The van der Waals surface area contributed by atoms with Crippen LogP contribution >= 0.6 is 0 Å².